The van der Waals surface area contributed by atoms with Gasteiger partial charge in [-0.05, 0) is 31.1 Å². The van der Waals surface area contributed by atoms with Crippen molar-refractivity contribution in [1.29, 1.82) is 0 Å². The van der Waals surface area contributed by atoms with Gasteiger partial charge in [-0.1, -0.05) is 23.5 Å². The van der Waals surface area contributed by atoms with Crippen LogP contribution in [0.4, 0.5) is 0 Å². The van der Waals surface area contributed by atoms with Gasteiger partial charge in [-0.3, -0.25) is 4.21 Å². The molecule has 24 heavy (non-hydrogen) atoms. The highest BCUT2D eigenvalue weighted by Gasteiger charge is 2.56. The first-order chi connectivity index (χ1) is 11.5. The molecule has 9 heteroatoms. The molecule has 1 saturated heterocycles. The number of esters is 2. The molecule has 0 amide bonds. The summed E-state index contributed by atoms with van der Waals surface area (Å²) in [5, 5.41) is 0.665. The monoisotopic (exact) mass is 404 g/mol. The molecule has 3 fully saturated rings. The maximum atomic E-state index is 13.0. The maximum Gasteiger partial charge on any atom is 0.346 e. The number of carbonyl (C=O) groups is 2. The van der Waals surface area contributed by atoms with E-state index in [1.165, 1.54) is 57.0 Å². The fourth-order valence-corrected chi connectivity index (χ4v) is 11.5. The van der Waals surface area contributed by atoms with Gasteiger partial charge in [-0.25, -0.2) is 9.59 Å². The zero-order valence-electron chi connectivity index (χ0n) is 13.1. The predicted molar refractivity (Wildman–Crippen MR) is 97.4 cm³/mol. The Kier molecular flexibility index (Phi) is 4.55. The molecule has 130 valence electrons. The average molecular weight is 405 g/mol. The van der Waals surface area contributed by atoms with Gasteiger partial charge >= 0.3 is 11.9 Å². The van der Waals surface area contributed by atoms with Crippen molar-refractivity contribution >= 4 is 58.0 Å². The molecule has 2 saturated carbocycles. The van der Waals surface area contributed by atoms with E-state index in [9.17, 15) is 13.8 Å². The van der Waals surface area contributed by atoms with Crippen molar-refractivity contribution in [1.82, 2.24) is 0 Å². The summed E-state index contributed by atoms with van der Waals surface area (Å²) in [7, 11) is 1.52. The van der Waals surface area contributed by atoms with E-state index in [0.717, 1.165) is 8.47 Å². The highest BCUT2D eigenvalue weighted by atomic mass is 32.2. The van der Waals surface area contributed by atoms with Gasteiger partial charge in [0.2, 0.25) is 0 Å². The number of carbonyl (C=O) groups excluding carboxylic acids is 2. The van der Waals surface area contributed by atoms with Crippen LogP contribution >= 0.6 is 35.3 Å². The van der Waals surface area contributed by atoms with E-state index in [4.69, 9.17) is 9.47 Å². The lowest BCUT2D eigenvalue weighted by molar-refractivity contribution is -0.138. The van der Waals surface area contributed by atoms with Gasteiger partial charge in [0.05, 0.1) is 38.7 Å². The molecule has 5 atom stereocenters. The van der Waals surface area contributed by atoms with Crippen molar-refractivity contribution in [2.75, 3.05) is 14.2 Å². The molecule has 0 N–H and O–H groups in total. The molecule has 5 nitrogen and oxygen atoms in total. The Morgan fingerprint density at radius 2 is 1.62 bits per heavy atom. The lowest BCUT2D eigenvalue weighted by Crippen LogP contribution is -2.28. The van der Waals surface area contributed by atoms with E-state index in [1.807, 2.05) is 0 Å². The molecule has 0 aromatic carbocycles. The van der Waals surface area contributed by atoms with Crippen LogP contribution in [0.5, 0.6) is 0 Å². The summed E-state index contributed by atoms with van der Waals surface area (Å²) in [6, 6.07) is 0. The summed E-state index contributed by atoms with van der Waals surface area (Å²) >= 11 is 4.08. The van der Waals surface area contributed by atoms with Gasteiger partial charge in [0.1, 0.15) is 9.81 Å². The summed E-state index contributed by atoms with van der Waals surface area (Å²) in [4.78, 5) is 24.4. The molecule has 0 aromatic rings. The number of fused-ring (bicyclic) bond motifs is 5. The average Bonchev–Trinajstić information content (AvgIpc) is 3.34. The Bertz CT molecular complexity index is 683. The van der Waals surface area contributed by atoms with Crippen LogP contribution in [0.15, 0.2) is 18.3 Å². The second kappa shape index (κ2) is 6.41. The molecular weight excluding hydrogens is 388 g/mol. The van der Waals surface area contributed by atoms with E-state index in [-0.39, 0.29) is 15.1 Å². The highest BCUT2D eigenvalue weighted by Crippen LogP contribution is 2.63. The van der Waals surface area contributed by atoms with Crippen molar-refractivity contribution < 1.29 is 23.3 Å². The van der Waals surface area contributed by atoms with E-state index >= 15 is 0 Å². The Morgan fingerprint density at radius 1 is 1.04 bits per heavy atom. The van der Waals surface area contributed by atoms with Crippen molar-refractivity contribution in [2.45, 2.75) is 29.8 Å². The number of rotatable bonds is 2. The first-order valence-electron chi connectivity index (χ1n) is 7.63. The smallest absolute Gasteiger partial charge is 0.346 e. The molecule has 4 rings (SSSR count). The van der Waals surface area contributed by atoms with Gasteiger partial charge in [0.15, 0.2) is 0 Å². The van der Waals surface area contributed by atoms with Gasteiger partial charge in [-0.2, -0.15) is 0 Å². The van der Waals surface area contributed by atoms with Crippen molar-refractivity contribution in [3.63, 3.8) is 0 Å². The molecule has 0 aromatic heterocycles. The standard InChI is InChI=1S/C15H16O5S4/c1-19-12(16)9-10(13(17)20-2)22-14(21-9)15-23-8-6-3-4-7(5-6)11(8)24(15)18/h6-8,11H,3-5H2,1-2H3/t6-,7+,8+,11-,24?/m1/s1. The molecule has 2 heterocycles. The number of methoxy groups -OCH3 is 2. The van der Waals surface area contributed by atoms with Crippen LogP contribution in [0.3, 0.4) is 0 Å². The molecule has 2 aliphatic carbocycles. The molecule has 0 radical (unpaired) electrons. The minimum atomic E-state index is -1.05. The van der Waals surface area contributed by atoms with Gasteiger partial charge in [-0.15, -0.1) is 11.8 Å². The predicted octanol–water partition coefficient (Wildman–Crippen LogP) is 2.81. The van der Waals surface area contributed by atoms with Crippen molar-refractivity contribution in [3.8, 4) is 0 Å². The van der Waals surface area contributed by atoms with E-state index in [2.05, 4.69) is 0 Å². The van der Waals surface area contributed by atoms with Gasteiger partial charge < -0.3 is 9.47 Å². The minimum Gasteiger partial charge on any atom is -0.465 e. The van der Waals surface area contributed by atoms with Gasteiger partial charge in [0, 0.05) is 5.25 Å². The largest absolute Gasteiger partial charge is 0.465 e. The van der Waals surface area contributed by atoms with E-state index in [1.54, 1.807) is 11.8 Å². The molecule has 0 spiro atoms. The SMILES string of the molecule is COC(=O)C1=C(C(=O)OC)SC(=C2S[C@H]3[C@@H]4CC[C@@H](C4)[C@H]3S2=O)S1. The van der Waals surface area contributed by atoms with Crippen LogP contribution in [-0.2, 0) is 29.9 Å². The second-order valence-electron chi connectivity index (χ2n) is 6.10. The van der Waals surface area contributed by atoms with Crippen LogP contribution in [0.2, 0.25) is 0 Å². The molecule has 4 aliphatic rings. The van der Waals surface area contributed by atoms with Crippen molar-refractivity contribution in [3.05, 3.63) is 18.3 Å². The quantitative estimate of drug-likeness (QED) is 0.651. The number of thioether (sulfide) groups is 3. The highest BCUT2D eigenvalue weighted by molar-refractivity contribution is 8.32. The van der Waals surface area contributed by atoms with E-state index in [0.29, 0.717) is 17.1 Å². The third kappa shape index (κ3) is 2.50. The third-order valence-corrected chi connectivity index (χ3v) is 12.1. The Hall–Kier alpha value is -0.380. The Balaban J connectivity index is 1.65. The molecular formula is C15H16O5S4. The topological polar surface area (TPSA) is 69.7 Å². The first kappa shape index (κ1) is 17.1. The first-order valence-corrected chi connectivity index (χ1v) is 11.4. The summed E-state index contributed by atoms with van der Waals surface area (Å²) in [6.07, 6.45) is 3.62. The fourth-order valence-electron chi connectivity index (χ4n) is 3.91. The summed E-state index contributed by atoms with van der Waals surface area (Å²) in [6.45, 7) is 0. The summed E-state index contributed by atoms with van der Waals surface area (Å²) in [5.41, 5.74) is 0. The summed E-state index contributed by atoms with van der Waals surface area (Å²) in [5.74, 6) is 0.114. The molecule has 2 bridgehead atoms. The molecule has 2 aliphatic heterocycles. The van der Waals surface area contributed by atoms with E-state index < -0.39 is 22.7 Å². The normalized spacial score (nSPS) is 37.2. The Labute approximate surface area is 155 Å². The number of hydrogen-bond acceptors (Lipinski definition) is 8. The van der Waals surface area contributed by atoms with Crippen LogP contribution < -0.4 is 0 Å². The zero-order chi connectivity index (χ0) is 17.0. The summed E-state index contributed by atoms with van der Waals surface area (Å²) < 4.78 is 24.2. The third-order valence-electron chi connectivity index (χ3n) is 4.94. The van der Waals surface area contributed by atoms with Crippen LogP contribution in [-0.4, -0.2) is 40.9 Å². The van der Waals surface area contributed by atoms with Crippen LogP contribution in [0.1, 0.15) is 19.3 Å². The fraction of sp³-hybridized carbons (Fsp3) is 0.600. The van der Waals surface area contributed by atoms with Crippen molar-refractivity contribution in [2.24, 2.45) is 11.8 Å². The van der Waals surface area contributed by atoms with Crippen LogP contribution in [0, 0.1) is 11.8 Å². The van der Waals surface area contributed by atoms with Gasteiger partial charge in [0.25, 0.3) is 0 Å². The Morgan fingerprint density at radius 3 is 2.17 bits per heavy atom. The lowest BCUT2D eigenvalue weighted by Gasteiger charge is -2.20. The van der Waals surface area contributed by atoms with Crippen LogP contribution in [0.25, 0.3) is 0 Å². The lowest BCUT2D eigenvalue weighted by atomic mass is 10.00. The maximum absolute atomic E-state index is 13.0. The second-order valence-corrected chi connectivity index (χ2v) is 11.4. The number of ether oxygens (including phenoxy) is 2. The number of hydrogen-bond donors (Lipinski definition) is 0. The minimum absolute atomic E-state index is 0.231. The zero-order valence-corrected chi connectivity index (χ0v) is 16.4. The molecule has 1 unspecified atom stereocenters.